The predicted octanol–water partition coefficient (Wildman–Crippen LogP) is 3.52. The molecule has 1 unspecified atom stereocenters. The summed E-state index contributed by atoms with van der Waals surface area (Å²) >= 11 is 0. The smallest absolute Gasteiger partial charge is 0.335 e. The monoisotopic (exact) mass is 343 g/mol. The van der Waals surface area contributed by atoms with E-state index in [4.69, 9.17) is 9.84 Å². The Morgan fingerprint density at radius 2 is 1.96 bits per heavy atom. The number of aromatic carboxylic acids is 1. The number of halogens is 1. The van der Waals surface area contributed by atoms with Gasteiger partial charge in [0.1, 0.15) is 5.82 Å². The second-order valence-corrected chi connectivity index (χ2v) is 5.77. The van der Waals surface area contributed by atoms with Crippen LogP contribution in [0.25, 0.3) is 5.57 Å². The number of morpholine rings is 1. The maximum atomic E-state index is 12.7. The van der Waals surface area contributed by atoms with Gasteiger partial charge in [0.05, 0.1) is 18.3 Å². The number of hydrogen-bond acceptors (Lipinski definition) is 3. The molecule has 2 aromatic carbocycles. The number of hydrogen-bond donors (Lipinski definition) is 2. The Morgan fingerprint density at radius 3 is 2.48 bits per heavy atom. The molecule has 1 aliphatic rings. The molecule has 1 heterocycles. The van der Waals surface area contributed by atoms with Crippen molar-refractivity contribution in [2.24, 2.45) is 0 Å². The van der Waals surface area contributed by atoms with E-state index in [1.54, 1.807) is 30.3 Å². The van der Waals surface area contributed by atoms with Crippen LogP contribution in [0.3, 0.4) is 0 Å². The van der Waals surface area contributed by atoms with Crippen LogP contribution in [0, 0.1) is 12.7 Å². The summed E-state index contributed by atoms with van der Waals surface area (Å²) in [5.74, 6) is -1.10. The summed E-state index contributed by atoms with van der Waals surface area (Å²) < 4.78 is 18.3. The largest absolute Gasteiger partial charge is 0.478 e. The molecular formula is C20H22FNO3. The minimum Gasteiger partial charge on any atom is -0.478 e. The highest BCUT2D eigenvalue weighted by Crippen LogP contribution is 2.19. The van der Waals surface area contributed by atoms with Gasteiger partial charge < -0.3 is 15.2 Å². The lowest BCUT2D eigenvalue weighted by atomic mass is 10.0. The normalized spacial score (nSPS) is 16.5. The standard InChI is InChI=1S/C12H14FNO.C8H8O2/c1-9(12-8-14-6-7-15-12)10-2-4-11(13)5-3-10;1-6-3-2-4-7(5-6)8(9)10/h2-5,12,14H,1,6-8H2;2-5H,1H3,(H,9,10). The zero-order chi connectivity index (χ0) is 18.2. The Morgan fingerprint density at radius 1 is 1.24 bits per heavy atom. The molecule has 1 saturated heterocycles. The van der Waals surface area contributed by atoms with Crippen LogP contribution in [-0.4, -0.2) is 36.9 Å². The minimum atomic E-state index is -0.872. The first kappa shape index (κ1) is 18.8. The summed E-state index contributed by atoms with van der Waals surface area (Å²) in [6.45, 7) is 8.21. The molecule has 0 aliphatic carbocycles. The first-order chi connectivity index (χ1) is 12.0. The van der Waals surface area contributed by atoms with Gasteiger partial charge in [-0.25, -0.2) is 9.18 Å². The topological polar surface area (TPSA) is 58.6 Å². The third-order valence-corrected chi connectivity index (χ3v) is 3.80. The first-order valence-electron chi connectivity index (χ1n) is 8.04. The van der Waals surface area contributed by atoms with Gasteiger partial charge in [0.15, 0.2) is 0 Å². The second kappa shape index (κ2) is 9.11. The molecule has 132 valence electrons. The quantitative estimate of drug-likeness (QED) is 0.895. The molecule has 1 atom stereocenters. The van der Waals surface area contributed by atoms with Gasteiger partial charge in [0, 0.05) is 13.1 Å². The fourth-order valence-electron chi connectivity index (χ4n) is 2.42. The maximum absolute atomic E-state index is 12.7. The molecule has 2 N–H and O–H groups in total. The average Bonchev–Trinajstić information content (AvgIpc) is 2.63. The Kier molecular flexibility index (Phi) is 6.86. The van der Waals surface area contributed by atoms with Crippen LogP contribution in [0.4, 0.5) is 4.39 Å². The molecule has 0 amide bonds. The predicted molar refractivity (Wildman–Crippen MR) is 96.2 cm³/mol. The zero-order valence-electron chi connectivity index (χ0n) is 14.2. The van der Waals surface area contributed by atoms with E-state index in [0.29, 0.717) is 12.2 Å². The molecule has 3 rings (SSSR count). The van der Waals surface area contributed by atoms with Crippen molar-refractivity contribution in [1.82, 2.24) is 5.32 Å². The van der Waals surface area contributed by atoms with Crippen LogP contribution < -0.4 is 5.32 Å². The van der Waals surface area contributed by atoms with Crippen molar-refractivity contribution in [1.29, 1.82) is 0 Å². The third-order valence-electron chi connectivity index (χ3n) is 3.80. The summed E-state index contributed by atoms with van der Waals surface area (Å²) in [4.78, 5) is 10.4. The Hall–Kier alpha value is -2.50. The summed E-state index contributed by atoms with van der Waals surface area (Å²) in [7, 11) is 0. The van der Waals surface area contributed by atoms with Gasteiger partial charge in [-0.3, -0.25) is 0 Å². The lowest BCUT2D eigenvalue weighted by molar-refractivity contribution is 0.0655. The highest BCUT2D eigenvalue weighted by Gasteiger charge is 2.17. The molecular weight excluding hydrogens is 321 g/mol. The van der Waals surface area contributed by atoms with Gasteiger partial charge >= 0.3 is 5.97 Å². The first-order valence-corrected chi connectivity index (χ1v) is 8.04. The van der Waals surface area contributed by atoms with Gasteiger partial charge in [-0.15, -0.1) is 0 Å². The summed E-state index contributed by atoms with van der Waals surface area (Å²) in [6.07, 6.45) is 0.00390. The molecule has 5 heteroatoms. The van der Waals surface area contributed by atoms with E-state index < -0.39 is 5.97 Å². The molecule has 0 spiro atoms. The molecule has 0 saturated carbocycles. The van der Waals surface area contributed by atoms with Crippen LogP contribution >= 0.6 is 0 Å². The molecule has 1 fully saturated rings. The molecule has 2 aromatic rings. The van der Waals surface area contributed by atoms with E-state index in [0.717, 1.165) is 29.8 Å². The van der Waals surface area contributed by atoms with Gasteiger partial charge in [-0.2, -0.15) is 0 Å². The van der Waals surface area contributed by atoms with Gasteiger partial charge in [0.25, 0.3) is 0 Å². The van der Waals surface area contributed by atoms with E-state index in [2.05, 4.69) is 11.9 Å². The molecule has 4 nitrogen and oxygen atoms in total. The van der Waals surface area contributed by atoms with E-state index in [1.807, 2.05) is 13.0 Å². The highest BCUT2D eigenvalue weighted by molar-refractivity contribution is 5.87. The van der Waals surface area contributed by atoms with Crippen LogP contribution in [0.5, 0.6) is 0 Å². The van der Waals surface area contributed by atoms with Crippen molar-refractivity contribution >= 4 is 11.5 Å². The number of ether oxygens (including phenoxy) is 1. The minimum absolute atomic E-state index is 0.00390. The van der Waals surface area contributed by atoms with Crippen molar-refractivity contribution in [3.8, 4) is 0 Å². The fraction of sp³-hybridized carbons (Fsp3) is 0.250. The highest BCUT2D eigenvalue weighted by atomic mass is 19.1. The van der Waals surface area contributed by atoms with Gasteiger partial charge in [-0.1, -0.05) is 36.4 Å². The fourth-order valence-corrected chi connectivity index (χ4v) is 2.42. The molecule has 0 bridgehead atoms. The van der Waals surface area contributed by atoms with Crippen molar-refractivity contribution in [3.05, 3.63) is 77.6 Å². The Labute approximate surface area is 147 Å². The van der Waals surface area contributed by atoms with Crippen LogP contribution in [-0.2, 0) is 4.74 Å². The van der Waals surface area contributed by atoms with Crippen molar-refractivity contribution < 1.29 is 19.0 Å². The number of carboxylic acid groups (broad SMARTS) is 1. The van der Waals surface area contributed by atoms with Gasteiger partial charge in [0.2, 0.25) is 0 Å². The number of carbonyl (C=O) groups is 1. The second-order valence-electron chi connectivity index (χ2n) is 5.77. The number of benzene rings is 2. The van der Waals surface area contributed by atoms with Crippen LogP contribution in [0.2, 0.25) is 0 Å². The molecule has 0 radical (unpaired) electrons. The number of rotatable bonds is 3. The summed E-state index contributed by atoms with van der Waals surface area (Å²) in [6, 6.07) is 13.2. The van der Waals surface area contributed by atoms with Crippen molar-refractivity contribution in [3.63, 3.8) is 0 Å². The zero-order valence-corrected chi connectivity index (χ0v) is 14.2. The van der Waals surface area contributed by atoms with E-state index >= 15 is 0 Å². The molecule has 1 aliphatic heterocycles. The van der Waals surface area contributed by atoms with E-state index in [9.17, 15) is 9.18 Å². The third kappa shape index (κ3) is 5.81. The number of aryl methyl sites for hydroxylation is 1. The van der Waals surface area contributed by atoms with Crippen LogP contribution in [0.1, 0.15) is 21.5 Å². The van der Waals surface area contributed by atoms with E-state index in [-0.39, 0.29) is 11.9 Å². The maximum Gasteiger partial charge on any atom is 0.335 e. The van der Waals surface area contributed by atoms with Crippen molar-refractivity contribution in [2.45, 2.75) is 13.0 Å². The summed E-state index contributed by atoms with van der Waals surface area (Å²) in [5.41, 5.74) is 3.16. The lowest BCUT2D eigenvalue weighted by Gasteiger charge is -2.25. The number of carboxylic acids is 1. The van der Waals surface area contributed by atoms with Crippen molar-refractivity contribution in [2.75, 3.05) is 19.7 Å². The number of nitrogens with one attached hydrogen (secondary N) is 1. The Bertz CT molecular complexity index is 722. The van der Waals surface area contributed by atoms with E-state index in [1.165, 1.54) is 12.1 Å². The molecule has 0 aromatic heterocycles. The summed E-state index contributed by atoms with van der Waals surface area (Å²) in [5, 5.41) is 11.7. The van der Waals surface area contributed by atoms with Gasteiger partial charge in [-0.05, 0) is 42.3 Å². The lowest BCUT2D eigenvalue weighted by Crippen LogP contribution is -2.38. The van der Waals surface area contributed by atoms with Crippen LogP contribution in [0.15, 0.2) is 55.1 Å². The average molecular weight is 343 g/mol. The Balaban J connectivity index is 0.000000196. The SMILES string of the molecule is C=C(c1ccc(F)cc1)C1CNCCO1.Cc1cccc(C(=O)O)c1. The molecule has 25 heavy (non-hydrogen) atoms.